The summed E-state index contributed by atoms with van der Waals surface area (Å²) in [4.78, 5) is 20.8. The van der Waals surface area contributed by atoms with E-state index < -0.39 is 0 Å². The third-order valence-corrected chi connectivity index (χ3v) is 8.36. The molecule has 44 heavy (non-hydrogen) atoms. The summed E-state index contributed by atoms with van der Waals surface area (Å²) < 4.78 is 2.58. The Morgan fingerprint density at radius 3 is 2.52 bits per heavy atom. The van der Waals surface area contributed by atoms with E-state index in [1.807, 2.05) is 86.0 Å². The quantitative estimate of drug-likeness (QED) is 0.174. The number of benzene rings is 4. The van der Waals surface area contributed by atoms with Crippen LogP contribution in [0.1, 0.15) is 27.2 Å². The summed E-state index contributed by atoms with van der Waals surface area (Å²) in [7, 11) is 0. The van der Waals surface area contributed by atoms with E-state index in [-0.39, 0.29) is 11.5 Å². The number of hydrogen-bond donors (Lipinski definition) is 2. The Bertz CT molecular complexity index is 2240. The van der Waals surface area contributed by atoms with Crippen molar-refractivity contribution in [2.45, 2.75) is 6.92 Å². The number of aromatic nitrogens is 5. The number of aromatic amines is 2. The number of carbonyl (C=O) groups is 1. The third-order valence-electron chi connectivity index (χ3n) is 7.62. The van der Waals surface area contributed by atoms with Gasteiger partial charge in [-0.05, 0) is 55.5 Å². The van der Waals surface area contributed by atoms with Gasteiger partial charge in [-0.1, -0.05) is 80.8 Å². The van der Waals surface area contributed by atoms with Gasteiger partial charge in [0.1, 0.15) is 11.8 Å². The number of rotatable bonds is 6. The van der Waals surface area contributed by atoms with Crippen LogP contribution in [0.3, 0.4) is 0 Å². The lowest BCUT2D eigenvalue weighted by molar-refractivity contribution is 0.103. The molecule has 9 heteroatoms. The average molecular weight is 658 g/mol. The molecule has 0 spiro atoms. The van der Waals surface area contributed by atoms with E-state index in [4.69, 9.17) is 11.6 Å². The molecule has 0 atom stereocenters. The molecule has 3 heterocycles. The standard InChI is InChI=1S/C35H22BrClN6O/c1-20-6-8-21(9-7-20)30-19-43(42-41-30)31-5-3-2-4-25(31)32-27(17-38)33(28-18-39-29-15-12-23(36)16-26(28)29)40-34(32)35(44)22-10-13-24(37)14-11-22/h2-16,18-19,39-40H,1H3. The maximum atomic E-state index is 14.2. The zero-order valence-electron chi connectivity index (χ0n) is 23.3. The highest BCUT2D eigenvalue weighted by atomic mass is 79.9. The Morgan fingerprint density at radius 1 is 0.977 bits per heavy atom. The summed E-state index contributed by atoms with van der Waals surface area (Å²) in [6, 6.07) is 30.6. The molecule has 0 aliphatic rings. The fourth-order valence-corrected chi connectivity index (χ4v) is 5.91. The number of aryl methyl sites for hydroxylation is 1. The molecule has 0 saturated carbocycles. The minimum Gasteiger partial charge on any atom is -0.360 e. The van der Waals surface area contributed by atoms with Crippen molar-refractivity contribution in [2.24, 2.45) is 0 Å². The smallest absolute Gasteiger partial charge is 0.209 e. The van der Waals surface area contributed by atoms with Crippen LogP contribution in [0.15, 0.2) is 108 Å². The highest BCUT2D eigenvalue weighted by Crippen LogP contribution is 2.41. The van der Waals surface area contributed by atoms with Gasteiger partial charge in [0.05, 0.1) is 28.8 Å². The Labute approximate surface area is 265 Å². The third kappa shape index (κ3) is 4.82. The summed E-state index contributed by atoms with van der Waals surface area (Å²) >= 11 is 9.70. The van der Waals surface area contributed by atoms with Crippen molar-refractivity contribution < 1.29 is 4.79 Å². The maximum Gasteiger partial charge on any atom is 0.209 e. The number of hydrogen-bond acceptors (Lipinski definition) is 4. The molecule has 0 amide bonds. The lowest BCUT2D eigenvalue weighted by Gasteiger charge is -2.11. The van der Waals surface area contributed by atoms with Gasteiger partial charge < -0.3 is 9.97 Å². The monoisotopic (exact) mass is 656 g/mol. The predicted molar refractivity (Wildman–Crippen MR) is 176 cm³/mol. The number of fused-ring (bicyclic) bond motifs is 1. The molecule has 0 unspecified atom stereocenters. The van der Waals surface area contributed by atoms with Gasteiger partial charge >= 0.3 is 0 Å². The van der Waals surface area contributed by atoms with E-state index >= 15 is 0 Å². The van der Waals surface area contributed by atoms with Crippen molar-refractivity contribution in [2.75, 3.05) is 0 Å². The van der Waals surface area contributed by atoms with E-state index in [0.717, 1.165) is 32.1 Å². The van der Waals surface area contributed by atoms with Crippen molar-refractivity contribution in [3.63, 3.8) is 0 Å². The van der Waals surface area contributed by atoms with Gasteiger partial charge in [0.25, 0.3) is 0 Å². The molecule has 212 valence electrons. The van der Waals surface area contributed by atoms with Gasteiger partial charge in [-0.15, -0.1) is 5.10 Å². The van der Waals surface area contributed by atoms with Crippen molar-refractivity contribution in [1.82, 2.24) is 25.0 Å². The molecule has 0 saturated heterocycles. The molecule has 0 bridgehead atoms. The molecule has 7 nitrogen and oxygen atoms in total. The van der Waals surface area contributed by atoms with Crippen LogP contribution in [-0.4, -0.2) is 30.7 Å². The molecular formula is C35H22BrClN6O. The minimum atomic E-state index is -0.269. The molecular weight excluding hydrogens is 636 g/mol. The van der Waals surface area contributed by atoms with Crippen LogP contribution in [0.25, 0.3) is 50.2 Å². The molecule has 2 N–H and O–H groups in total. The van der Waals surface area contributed by atoms with Crippen LogP contribution in [0, 0.1) is 18.3 Å². The first-order valence-electron chi connectivity index (χ1n) is 13.7. The van der Waals surface area contributed by atoms with Gasteiger partial charge in [-0.25, -0.2) is 4.68 Å². The number of ketones is 1. The van der Waals surface area contributed by atoms with E-state index in [1.165, 1.54) is 0 Å². The Balaban J connectivity index is 1.46. The molecule has 0 fully saturated rings. The van der Waals surface area contributed by atoms with Crippen LogP contribution in [0.4, 0.5) is 0 Å². The number of H-pyrrole nitrogens is 2. The van der Waals surface area contributed by atoms with Crippen LogP contribution in [-0.2, 0) is 0 Å². The van der Waals surface area contributed by atoms with Gasteiger partial charge in [-0.3, -0.25) is 4.79 Å². The van der Waals surface area contributed by atoms with E-state index in [9.17, 15) is 10.1 Å². The van der Waals surface area contributed by atoms with E-state index in [1.54, 1.807) is 28.9 Å². The second-order valence-corrected chi connectivity index (χ2v) is 11.7. The first-order valence-corrected chi connectivity index (χ1v) is 14.9. The van der Waals surface area contributed by atoms with Gasteiger partial charge in [-0.2, -0.15) is 5.26 Å². The molecule has 7 rings (SSSR count). The van der Waals surface area contributed by atoms with Gasteiger partial charge in [0, 0.05) is 54.4 Å². The first kappa shape index (κ1) is 27.6. The predicted octanol–water partition coefficient (Wildman–Crippen LogP) is 8.90. The molecule has 3 aromatic heterocycles. The molecule has 4 aromatic carbocycles. The van der Waals surface area contributed by atoms with Crippen LogP contribution in [0.2, 0.25) is 5.02 Å². The first-order chi connectivity index (χ1) is 21.4. The van der Waals surface area contributed by atoms with E-state index in [2.05, 4.69) is 42.3 Å². The fraction of sp³-hybridized carbons (Fsp3) is 0.0286. The van der Waals surface area contributed by atoms with Crippen molar-refractivity contribution in [3.05, 3.63) is 135 Å². The number of carbonyl (C=O) groups excluding carboxylic acids is 1. The second-order valence-electron chi connectivity index (χ2n) is 10.4. The average Bonchev–Trinajstić information content (AvgIpc) is 3.78. The number of nitrogens with one attached hydrogen (secondary N) is 2. The van der Waals surface area contributed by atoms with E-state index in [0.29, 0.717) is 44.4 Å². The number of nitriles is 1. The normalized spacial score (nSPS) is 11.1. The van der Waals surface area contributed by atoms with Gasteiger partial charge in [0.2, 0.25) is 5.78 Å². The van der Waals surface area contributed by atoms with Gasteiger partial charge in [0.15, 0.2) is 0 Å². The van der Waals surface area contributed by atoms with Crippen molar-refractivity contribution >= 4 is 44.2 Å². The lowest BCUT2D eigenvalue weighted by Crippen LogP contribution is -2.05. The summed E-state index contributed by atoms with van der Waals surface area (Å²) in [5.74, 6) is -0.269. The largest absolute Gasteiger partial charge is 0.360 e. The molecule has 0 radical (unpaired) electrons. The minimum absolute atomic E-state index is 0.269. The number of para-hydroxylation sites is 1. The highest BCUT2D eigenvalue weighted by Gasteiger charge is 2.28. The number of nitrogens with zero attached hydrogens (tertiary/aromatic N) is 4. The fourth-order valence-electron chi connectivity index (χ4n) is 5.42. The lowest BCUT2D eigenvalue weighted by atomic mass is 9.94. The molecule has 0 aliphatic heterocycles. The van der Waals surface area contributed by atoms with Crippen molar-refractivity contribution in [3.8, 4) is 45.4 Å². The molecule has 0 aliphatic carbocycles. The van der Waals surface area contributed by atoms with Crippen LogP contribution >= 0.6 is 27.5 Å². The van der Waals surface area contributed by atoms with Crippen molar-refractivity contribution in [1.29, 1.82) is 5.26 Å². The summed E-state index contributed by atoms with van der Waals surface area (Å²) in [5, 5.41) is 21.0. The Hall–Kier alpha value is -5.23. The topological polar surface area (TPSA) is 103 Å². The van der Waals surface area contributed by atoms with Crippen LogP contribution < -0.4 is 0 Å². The summed E-state index contributed by atoms with van der Waals surface area (Å²) in [6.45, 7) is 2.03. The highest BCUT2D eigenvalue weighted by molar-refractivity contribution is 9.10. The summed E-state index contributed by atoms with van der Waals surface area (Å²) in [5.41, 5.74) is 7.89. The van der Waals surface area contributed by atoms with Crippen LogP contribution in [0.5, 0.6) is 0 Å². The second kappa shape index (κ2) is 11.1. The molecule has 7 aromatic rings. The zero-order valence-corrected chi connectivity index (χ0v) is 25.6. The zero-order chi connectivity index (χ0) is 30.4. The SMILES string of the molecule is Cc1ccc(-c2cn(-c3ccccc3-c3c(C(=O)c4ccc(Cl)cc4)[nH]c(-c4c[nH]c5ccc(Br)cc45)c3C#N)nn2)cc1. The maximum absolute atomic E-state index is 14.2. The summed E-state index contributed by atoms with van der Waals surface area (Å²) in [6.07, 6.45) is 3.70. The number of halogens is 2. The Kier molecular flexibility index (Phi) is 6.97. The Morgan fingerprint density at radius 2 is 1.75 bits per heavy atom.